The van der Waals surface area contributed by atoms with Gasteiger partial charge in [0.1, 0.15) is 11.3 Å². The van der Waals surface area contributed by atoms with E-state index >= 15 is 0 Å². The zero-order valence-electron chi connectivity index (χ0n) is 16.1. The number of hydrazine groups is 1. The van der Waals surface area contributed by atoms with Crippen molar-refractivity contribution in [1.82, 2.24) is 15.8 Å². The van der Waals surface area contributed by atoms with Crippen LogP contribution in [0, 0.1) is 13.8 Å². The van der Waals surface area contributed by atoms with Gasteiger partial charge in [0.25, 0.3) is 5.91 Å². The summed E-state index contributed by atoms with van der Waals surface area (Å²) in [5, 5.41) is 6.78. The molecule has 1 aliphatic rings. The van der Waals surface area contributed by atoms with E-state index in [-0.39, 0.29) is 5.11 Å². The van der Waals surface area contributed by atoms with Crippen LogP contribution >= 0.6 is 12.2 Å². The largest absolute Gasteiger partial charge is 0.497 e. The summed E-state index contributed by atoms with van der Waals surface area (Å²) in [6.45, 7) is 5.60. The fourth-order valence-electron chi connectivity index (χ4n) is 3.01. The van der Waals surface area contributed by atoms with Gasteiger partial charge in [0.2, 0.25) is 0 Å². The molecule has 0 spiro atoms. The minimum atomic E-state index is -1.23. The van der Waals surface area contributed by atoms with Crippen LogP contribution in [0.15, 0.2) is 42.5 Å². The van der Waals surface area contributed by atoms with Crippen LogP contribution in [-0.2, 0) is 10.3 Å². The third-order valence-electron chi connectivity index (χ3n) is 4.90. The highest BCUT2D eigenvalue weighted by molar-refractivity contribution is 7.80. The van der Waals surface area contributed by atoms with Crippen molar-refractivity contribution in [2.45, 2.75) is 26.3 Å². The average molecular weight is 398 g/mol. The fraction of sp³-hybridized carbons (Fsp3) is 0.250. The summed E-state index contributed by atoms with van der Waals surface area (Å²) in [5.74, 6) is 0.134. The van der Waals surface area contributed by atoms with Gasteiger partial charge in [-0.1, -0.05) is 24.3 Å². The van der Waals surface area contributed by atoms with Gasteiger partial charge in [-0.2, -0.15) is 5.01 Å². The Hall–Kier alpha value is -3.13. The summed E-state index contributed by atoms with van der Waals surface area (Å²) in [7, 11) is 1.54. The monoisotopic (exact) mass is 398 g/mol. The topological polar surface area (TPSA) is 82.7 Å². The predicted molar refractivity (Wildman–Crippen MR) is 111 cm³/mol. The summed E-state index contributed by atoms with van der Waals surface area (Å²) < 4.78 is 5.22. The van der Waals surface area contributed by atoms with Crippen molar-refractivity contribution in [1.29, 1.82) is 0 Å². The number of amides is 3. The number of hydrogen-bond donors (Lipinski definition) is 3. The van der Waals surface area contributed by atoms with Crippen molar-refractivity contribution in [3.63, 3.8) is 0 Å². The molecule has 146 valence electrons. The standard InChI is InChI=1S/C20H22N4O3S/c1-12-7-5-10-16(13(12)2)21-18(28)23-24-17(25)20(3,22-19(24)26)14-8-6-9-15(11-14)27-4/h5-11H,1-4H3,(H,22,26)(H2,21,23,28). The second-order valence-corrected chi connectivity index (χ2v) is 7.15. The van der Waals surface area contributed by atoms with Crippen molar-refractivity contribution in [3.8, 4) is 5.75 Å². The Morgan fingerprint density at radius 1 is 1.18 bits per heavy atom. The molecule has 28 heavy (non-hydrogen) atoms. The number of carbonyl (C=O) groups is 2. The lowest BCUT2D eigenvalue weighted by atomic mass is 9.92. The van der Waals surface area contributed by atoms with E-state index in [9.17, 15) is 9.59 Å². The number of imide groups is 1. The maximum atomic E-state index is 13.0. The molecule has 1 fully saturated rings. The lowest BCUT2D eigenvalue weighted by molar-refractivity contribution is -0.132. The first-order valence-electron chi connectivity index (χ1n) is 8.71. The number of thiocarbonyl (C=S) groups is 1. The highest BCUT2D eigenvalue weighted by Crippen LogP contribution is 2.30. The lowest BCUT2D eigenvalue weighted by Crippen LogP contribution is -2.49. The van der Waals surface area contributed by atoms with Gasteiger partial charge in [0.05, 0.1) is 7.11 Å². The van der Waals surface area contributed by atoms with Crippen molar-refractivity contribution in [2.75, 3.05) is 12.4 Å². The van der Waals surface area contributed by atoms with Crippen LogP contribution in [0.1, 0.15) is 23.6 Å². The van der Waals surface area contributed by atoms with Crippen molar-refractivity contribution >= 4 is 35.0 Å². The Morgan fingerprint density at radius 3 is 2.61 bits per heavy atom. The predicted octanol–water partition coefficient (Wildman–Crippen LogP) is 2.98. The summed E-state index contributed by atoms with van der Waals surface area (Å²) in [6.07, 6.45) is 0. The second kappa shape index (κ2) is 7.47. The highest BCUT2D eigenvalue weighted by Gasteiger charge is 2.50. The number of methoxy groups -OCH3 is 1. The molecule has 3 N–H and O–H groups in total. The Balaban J connectivity index is 1.78. The van der Waals surface area contributed by atoms with Gasteiger partial charge in [-0.15, -0.1) is 0 Å². The first-order chi connectivity index (χ1) is 13.3. The molecule has 3 amide bonds. The Bertz CT molecular complexity index is 962. The maximum Gasteiger partial charge on any atom is 0.344 e. The zero-order chi connectivity index (χ0) is 20.5. The molecule has 1 aliphatic heterocycles. The smallest absolute Gasteiger partial charge is 0.344 e. The molecule has 1 unspecified atom stereocenters. The van der Waals surface area contributed by atoms with Gasteiger partial charge in [0.15, 0.2) is 5.11 Å². The quantitative estimate of drug-likeness (QED) is 0.543. The molecule has 0 aliphatic carbocycles. The Kier molecular flexibility index (Phi) is 5.24. The van der Waals surface area contributed by atoms with Gasteiger partial charge in [-0.05, 0) is 67.9 Å². The SMILES string of the molecule is COc1cccc(C2(C)NC(=O)N(NC(=S)Nc3cccc(C)c3C)C2=O)c1. The van der Waals surface area contributed by atoms with Crippen molar-refractivity contribution in [2.24, 2.45) is 0 Å². The molecular formula is C20H22N4O3S. The van der Waals surface area contributed by atoms with Gasteiger partial charge < -0.3 is 15.4 Å². The third-order valence-corrected chi connectivity index (χ3v) is 5.10. The number of aryl methyl sites for hydroxylation is 1. The maximum absolute atomic E-state index is 13.0. The molecule has 1 heterocycles. The summed E-state index contributed by atoms with van der Waals surface area (Å²) in [4.78, 5) is 25.4. The average Bonchev–Trinajstić information content (AvgIpc) is 2.89. The molecule has 0 saturated carbocycles. The molecule has 2 aromatic rings. The molecule has 1 saturated heterocycles. The van der Waals surface area contributed by atoms with E-state index in [0.29, 0.717) is 11.3 Å². The van der Waals surface area contributed by atoms with E-state index in [0.717, 1.165) is 21.8 Å². The number of hydrogen-bond acceptors (Lipinski definition) is 4. The number of nitrogens with one attached hydrogen (secondary N) is 3. The minimum absolute atomic E-state index is 0.145. The Labute approximate surface area is 169 Å². The number of nitrogens with zero attached hydrogens (tertiary/aromatic N) is 1. The van der Waals surface area contributed by atoms with Crippen LogP contribution in [-0.4, -0.2) is 29.2 Å². The van der Waals surface area contributed by atoms with Gasteiger partial charge >= 0.3 is 6.03 Å². The van der Waals surface area contributed by atoms with E-state index in [1.807, 2.05) is 32.0 Å². The number of rotatable bonds is 4. The molecule has 7 nitrogen and oxygen atoms in total. The van der Waals surface area contributed by atoms with Crippen LogP contribution < -0.4 is 20.8 Å². The summed E-state index contributed by atoms with van der Waals surface area (Å²) in [5.41, 5.74) is 5.02. The number of benzene rings is 2. The molecule has 1 atom stereocenters. The van der Waals surface area contributed by atoms with Gasteiger partial charge in [0, 0.05) is 5.69 Å². The van der Waals surface area contributed by atoms with E-state index in [1.54, 1.807) is 38.3 Å². The van der Waals surface area contributed by atoms with E-state index in [4.69, 9.17) is 17.0 Å². The highest BCUT2D eigenvalue weighted by atomic mass is 32.1. The normalized spacial score (nSPS) is 18.6. The van der Waals surface area contributed by atoms with Crippen LogP contribution in [0.2, 0.25) is 0 Å². The molecule has 2 aromatic carbocycles. The third kappa shape index (κ3) is 3.50. The summed E-state index contributed by atoms with van der Waals surface area (Å²) in [6, 6.07) is 12.2. The van der Waals surface area contributed by atoms with Gasteiger partial charge in [-0.3, -0.25) is 10.2 Å². The van der Waals surface area contributed by atoms with Crippen molar-refractivity contribution < 1.29 is 14.3 Å². The van der Waals surface area contributed by atoms with E-state index in [1.165, 1.54) is 0 Å². The Morgan fingerprint density at radius 2 is 1.89 bits per heavy atom. The molecule has 3 rings (SSSR count). The van der Waals surface area contributed by atoms with Crippen LogP contribution in [0.5, 0.6) is 5.75 Å². The molecule has 0 bridgehead atoms. The van der Waals surface area contributed by atoms with Gasteiger partial charge in [-0.25, -0.2) is 4.79 Å². The number of anilines is 1. The van der Waals surface area contributed by atoms with Crippen LogP contribution in [0.3, 0.4) is 0 Å². The molecule has 0 aromatic heterocycles. The zero-order valence-corrected chi connectivity index (χ0v) is 16.9. The minimum Gasteiger partial charge on any atom is -0.497 e. The van der Waals surface area contributed by atoms with Crippen molar-refractivity contribution in [3.05, 3.63) is 59.2 Å². The van der Waals surface area contributed by atoms with E-state index in [2.05, 4.69) is 16.1 Å². The summed E-state index contributed by atoms with van der Waals surface area (Å²) >= 11 is 5.30. The number of ether oxygens (including phenoxy) is 1. The number of urea groups is 1. The van der Waals surface area contributed by atoms with E-state index < -0.39 is 17.5 Å². The first-order valence-corrected chi connectivity index (χ1v) is 9.12. The van der Waals surface area contributed by atoms with Crippen LogP contribution in [0.4, 0.5) is 10.5 Å². The molecule has 8 heteroatoms. The second-order valence-electron chi connectivity index (χ2n) is 6.74. The fourth-order valence-corrected chi connectivity index (χ4v) is 3.21. The van der Waals surface area contributed by atoms with Crippen LogP contribution in [0.25, 0.3) is 0 Å². The molecule has 0 radical (unpaired) electrons. The number of carbonyl (C=O) groups excluding carboxylic acids is 2. The molecular weight excluding hydrogens is 376 g/mol. The lowest BCUT2D eigenvalue weighted by Gasteiger charge is -2.23. The first kappa shape index (κ1) is 19.6.